The van der Waals surface area contributed by atoms with Gasteiger partial charge in [-0.3, -0.25) is 4.79 Å². The SMILES string of the molecule is CCSc1nc2cc(C(F)(F)F)ccc2c(C)c1C(=O)NCC1CCCCC1. The fraction of sp³-hybridized carbons (Fsp3) is 0.524. The highest BCUT2D eigenvalue weighted by Crippen LogP contribution is 2.34. The summed E-state index contributed by atoms with van der Waals surface area (Å²) in [7, 11) is 0. The van der Waals surface area contributed by atoms with Crippen molar-refractivity contribution in [2.24, 2.45) is 5.92 Å². The normalized spacial score (nSPS) is 15.8. The number of nitrogens with zero attached hydrogens (tertiary/aromatic N) is 1. The molecule has 7 heteroatoms. The number of aromatic nitrogens is 1. The second-order valence-corrected chi connectivity index (χ2v) is 8.55. The van der Waals surface area contributed by atoms with Crippen molar-refractivity contribution < 1.29 is 18.0 Å². The second kappa shape index (κ2) is 8.72. The molecule has 0 atom stereocenters. The zero-order valence-corrected chi connectivity index (χ0v) is 17.0. The van der Waals surface area contributed by atoms with Crippen LogP contribution in [0.4, 0.5) is 13.2 Å². The van der Waals surface area contributed by atoms with Crippen molar-refractivity contribution in [2.75, 3.05) is 12.3 Å². The summed E-state index contributed by atoms with van der Waals surface area (Å²) in [6.45, 7) is 4.35. The van der Waals surface area contributed by atoms with Crippen LogP contribution >= 0.6 is 11.8 Å². The van der Waals surface area contributed by atoms with Gasteiger partial charge in [0.1, 0.15) is 5.03 Å². The van der Waals surface area contributed by atoms with E-state index < -0.39 is 11.7 Å². The monoisotopic (exact) mass is 410 g/mol. The van der Waals surface area contributed by atoms with Gasteiger partial charge in [0.2, 0.25) is 0 Å². The van der Waals surface area contributed by atoms with E-state index in [1.165, 1.54) is 37.1 Å². The largest absolute Gasteiger partial charge is 0.416 e. The fourth-order valence-corrected chi connectivity index (χ4v) is 4.63. The highest BCUT2D eigenvalue weighted by Gasteiger charge is 2.31. The molecule has 3 rings (SSSR count). The Bertz CT molecular complexity index is 861. The highest BCUT2D eigenvalue weighted by atomic mass is 32.2. The number of rotatable bonds is 5. The van der Waals surface area contributed by atoms with Gasteiger partial charge in [-0.05, 0) is 49.1 Å². The lowest BCUT2D eigenvalue weighted by Gasteiger charge is -2.22. The third kappa shape index (κ3) is 4.62. The number of thioether (sulfide) groups is 1. The molecule has 0 aliphatic heterocycles. The number of carbonyl (C=O) groups excluding carboxylic acids is 1. The number of fused-ring (bicyclic) bond motifs is 1. The van der Waals surface area contributed by atoms with Crippen LogP contribution in [0.1, 0.15) is 60.5 Å². The van der Waals surface area contributed by atoms with Crippen LogP contribution in [0.5, 0.6) is 0 Å². The van der Waals surface area contributed by atoms with E-state index in [0.29, 0.717) is 39.8 Å². The maximum atomic E-state index is 13.1. The average molecular weight is 411 g/mol. The first-order valence-corrected chi connectivity index (χ1v) is 10.7. The van der Waals surface area contributed by atoms with Crippen LogP contribution in [0, 0.1) is 12.8 Å². The van der Waals surface area contributed by atoms with Crippen molar-refractivity contribution in [3.8, 4) is 0 Å². The summed E-state index contributed by atoms with van der Waals surface area (Å²) in [4.78, 5) is 17.3. The van der Waals surface area contributed by atoms with E-state index in [0.717, 1.165) is 25.0 Å². The molecule has 1 aliphatic carbocycles. The summed E-state index contributed by atoms with van der Waals surface area (Å²) < 4.78 is 39.2. The molecular formula is C21H25F3N2OS. The van der Waals surface area contributed by atoms with Crippen LogP contribution in [-0.4, -0.2) is 23.2 Å². The van der Waals surface area contributed by atoms with E-state index in [1.54, 1.807) is 6.92 Å². The Kier molecular flexibility index (Phi) is 6.53. The molecule has 1 heterocycles. The second-order valence-electron chi connectivity index (χ2n) is 7.29. The number of amides is 1. The van der Waals surface area contributed by atoms with Crippen LogP contribution in [0.2, 0.25) is 0 Å². The van der Waals surface area contributed by atoms with Crippen molar-refractivity contribution in [3.63, 3.8) is 0 Å². The van der Waals surface area contributed by atoms with Crippen LogP contribution in [0.15, 0.2) is 23.2 Å². The molecule has 2 aromatic rings. The van der Waals surface area contributed by atoms with E-state index >= 15 is 0 Å². The molecule has 0 spiro atoms. The number of carbonyl (C=O) groups is 1. The first-order chi connectivity index (χ1) is 13.3. The molecule has 1 amide bonds. The molecule has 1 saturated carbocycles. The molecule has 152 valence electrons. The Hall–Kier alpha value is -1.76. The summed E-state index contributed by atoms with van der Waals surface area (Å²) in [6, 6.07) is 3.53. The van der Waals surface area contributed by atoms with E-state index in [1.807, 2.05) is 6.92 Å². The van der Waals surface area contributed by atoms with Crippen molar-refractivity contribution >= 4 is 28.6 Å². The van der Waals surface area contributed by atoms with Gasteiger partial charge >= 0.3 is 6.18 Å². The number of hydrogen-bond acceptors (Lipinski definition) is 3. The quantitative estimate of drug-likeness (QED) is 0.616. The summed E-state index contributed by atoms with van der Waals surface area (Å²) >= 11 is 1.38. The number of nitrogens with one attached hydrogen (secondary N) is 1. The Balaban J connectivity index is 1.94. The summed E-state index contributed by atoms with van der Waals surface area (Å²) in [6.07, 6.45) is 1.51. The molecule has 1 fully saturated rings. The standard InChI is InChI=1S/C21H25F3N2OS/c1-3-28-20-18(19(27)25-12-14-7-5-4-6-8-14)13(2)16-10-9-15(21(22,23)24)11-17(16)26-20/h9-11,14H,3-8,12H2,1-2H3,(H,25,27). The number of pyridine rings is 1. The summed E-state index contributed by atoms with van der Waals surface area (Å²) in [5.41, 5.74) is 0.701. The molecule has 1 N–H and O–H groups in total. The van der Waals surface area contributed by atoms with Gasteiger partial charge in [-0.2, -0.15) is 13.2 Å². The van der Waals surface area contributed by atoms with E-state index in [4.69, 9.17) is 0 Å². The third-order valence-corrected chi connectivity index (χ3v) is 6.18. The lowest BCUT2D eigenvalue weighted by molar-refractivity contribution is -0.137. The maximum absolute atomic E-state index is 13.1. The number of alkyl halides is 3. The van der Waals surface area contributed by atoms with Gasteiger partial charge in [0.05, 0.1) is 16.6 Å². The van der Waals surface area contributed by atoms with Gasteiger partial charge in [-0.15, -0.1) is 11.8 Å². The number of hydrogen-bond donors (Lipinski definition) is 1. The summed E-state index contributed by atoms with van der Waals surface area (Å²) in [5.74, 6) is 0.996. The van der Waals surface area contributed by atoms with Crippen LogP contribution in [-0.2, 0) is 6.18 Å². The lowest BCUT2D eigenvalue weighted by Crippen LogP contribution is -2.31. The van der Waals surface area contributed by atoms with Gasteiger partial charge in [0, 0.05) is 11.9 Å². The number of benzene rings is 1. The predicted octanol–water partition coefficient (Wildman–Crippen LogP) is 5.98. The smallest absolute Gasteiger partial charge is 0.352 e. The molecule has 1 aromatic carbocycles. The van der Waals surface area contributed by atoms with Gasteiger partial charge in [0.25, 0.3) is 5.91 Å². The summed E-state index contributed by atoms with van der Waals surface area (Å²) in [5, 5.41) is 4.11. The maximum Gasteiger partial charge on any atom is 0.416 e. The zero-order valence-electron chi connectivity index (χ0n) is 16.2. The molecule has 3 nitrogen and oxygen atoms in total. The zero-order chi connectivity index (χ0) is 20.3. The predicted molar refractivity (Wildman–Crippen MR) is 107 cm³/mol. The first-order valence-electron chi connectivity index (χ1n) is 9.73. The molecule has 1 aliphatic rings. The lowest BCUT2D eigenvalue weighted by atomic mass is 9.89. The minimum Gasteiger partial charge on any atom is -0.352 e. The van der Waals surface area contributed by atoms with Crippen molar-refractivity contribution in [3.05, 3.63) is 34.9 Å². The van der Waals surface area contributed by atoms with Crippen molar-refractivity contribution in [1.82, 2.24) is 10.3 Å². The van der Waals surface area contributed by atoms with Crippen molar-refractivity contribution in [1.29, 1.82) is 0 Å². The van der Waals surface area contributed by atoms with Gasteiger partial charge < -0.3 is 5.32 Å². The third-order valence-electron chi connectivity index (χ3n) is 5.32. The van der Waals surface area contributed by atoms with Gasteiger partial charge in [-0.1, -0.05) is 32.3 Å². The fourth-order valence-electron chi connectivity index (χ4n) is 3.80. The Morgan fingerprint density at radius 3 is 2.61 bits per heavy atom. The molecular weight excluding hydrogens is 385 g/mol. The van der Waals surface area contributed by atoms with E-state index in [-0.39, 0.29) is 11.4 Å². The Morgan fingerprint density at radius 1 is 1.25 bits per heavy atom. The molecule has 0 unspecified atom stereocenters. The molecule has 0 radical (unpaired) electrons. The minimum atomic E-state index is -4.42. The van der Waals surface area contributed by atoms with Crippen LogP contribution < -0.4 is 5.32 Å². The molecule has 0 bridgehead atoms. The first kappa shape index (κ1) is 21.0. The minimum absolute atomic E-state index is 0.187. The van der Waals surface area contributed by atoms with Gasteiger partial charge in [0.15, 0.2) is 0 Å². The van der Waals surface area contributed by atoms with Gasteiger partial charge in [-0.25, -0.2) is 4.98 Å². The van der Waals surface area contributed by atoms with Crippen LogP contribution in [0.3, 0.4) is 0 Å². The number of aryl methyl sites for hydroxylation is 1. The Labute approximate surface area is 167 Å². The van der Waals surface area contributed by atoms with Crippen LogP contribution in [0.25, 0.3) is 10.9 Å². The molecule has 28 heavy (non-hydrogen) atoms. The average Bonchev–Trinajstić information content (AvgIpc) is 2.66. The molecule has 0 saturated heterocycles. The molecule has 1 aromatic heterocycles. The van der Waals surface area contributed by atoms with E-state index in [9.17, 15) is 18.0 Å². The van der Waals surface area contributed by atoms with E-state index in [2.05, 4.69) is 10.3 Å². The topological polar surface area (TPSA) is 42.0 Å². The number of halogens is 3. The Morgan fingerprint density at radius 2 is 1.96 bits per heavy atom. The van der Waals surface area contributed by atoms with Crippen molar-refractivity contribution in [2.45, 2.75) is 57.2 Å². The highest BCUT2D eigenvalue weighted by molar-refractivity contribution is 7.99.